The highest BCUT2D eigenvalue weighted by molar-refractivity contribution is 4.89. The first-order valence-electron chi connectivity index (χ1n) is 6.99. The predicted molar refractivity (Wildman–Crippen MR) is 70.8 cm³/mol. The number of ether oxygens (including phenoxy) is 2. The number of aliphatic hydroxyl groups excluding tert-OH is 9. The molecular formula is C12H24O11. The Kier molecular flexibility index (Phi) is 8.20. The molecule has 0 saturated carbocycles. The van der Waals surface area contributed by atoms with Gasteiger partial charge in [0.05, 0.1) is 19.8 Å². The van der Waals surface area contributed by atoms with E-state index in [1.54, 1.807) is 0 Å². The van der Waals surface area contributed by atoms with E-state index in [0.29, 0.717) is 0 Å². The molecule has 0 bridgehead atoms. The topological polar surface area (TPSA) is 201 Å². The molecule has 23 heavy (non-hydrogen) atoms. The molecular weight excluding hydrogens is 320 g/mol. The van der Waals surface area contributed by atoms with Gasteiger partial charge >= 0.3 is 0 Å². The van der Waals surface area contributed by atoms with Crippen molar-refractivity contribution in [3.63, 3.8) is 0 Å². The van der Waals surface area contributed by atoms with Gasteiger partial charge in [0.1, 0.15) is 48.8 Å². The summed E-state index contributed by atoms with van der Waals surface area (Å²) < 4.78 is 9.99. The first-order valence-corrected chi connectivity index (χ1v) is 6.99. The Balaban J connectivity index is 2.55. The number of aliphatic hydroxyl groups is 9. The minimum Gasteiger partial charge on any atom is -0.394 e. The Labute approximate surface area is 131 Å². The van der Waals surface area contributed by atoms with Crippen LogP contribution in [0.1, 0.15) is 0 Å². The van der Waals surface area contributed by atoms with E-state index < -0.39 is 74.9 Å². The minimum absolute atomic E-state index is 0.655. The van der Waals surface area contributed by atoms with Crippen LogP contribution >= 0.6 is 0 Å². The average molecular weight is 344 g/mol. The van der Waals surface area contributed by atoms with Gasteiger partial charge in [-0.25, -0.2) is 0 Å². The SMILES string of the molecule is OC[C@H](O)[C@@H](O)[C@@H](O)[C@H](O)CO[C@H]1O[C@H](CO)[C@H](O)[C@H](O)[C@H]1O. The second-order valence-electron chi connectivity index (χ2n) is 5.33. The van der Waals surface area contributed by atoms with Crippen molar-refractivity contribution in [2.45, 2.75) is 55.1 Å². The maximum absolute atomic E-state index is 9.70. The molecule has 1 heterocycles. The molecule has 0 aromatic carbocycles. The molecule has 0 radical (unpaired) electrons. The zero-order chi connectivity index (χ0) is 17.7. The standard InChI is InChI=1S/C12H24O11/c13-1-4(15)7(17)8(18)5(16)3-22-12-11(21)10(20)9(19)6(2-14)23-12/h4-21H,1-3H2/t4-,5+,6+,7+,8-,9-,10-,11+,12-/m0/s1. The molecule has 0 aliphatic carbocycles. The maximum Gasteiger partial charge on any atom is 0.186 e. The molecule has 0 unspecified atom stereocenters. The van der Waals surface area contributed by atoms with Gasteiger partial charge in [-0.3, -0.25) is 0 Å². The summed E-state index contributed by atoms with van der Waals surface area (Å²) in [6, 6.07) is 0. The van der Waals surface area contributed by atoms with Crippen molar-refractivity contribution >= 4 is 0 Å². The molecule has 9 atom stereocenters. The minimum atomic E-state index is -1.86. The fourth-order valence-corrected chi connectivity index (χ4v) is 2.06. The Morgan fingerprint density at radius 3 is 1.91 bits per heavy atom. The van der Waals surface area contributed by atoms with Crippen molar-refractivity contribution in [2.75, 3.05) is 19.8 Å². The van der Waals surface area contributed by atoms with Crippen molar-refractivity contribution in [3.05, 3.63) is 0 Å². The van der Waals surface area contributed by atoms with Crippen LogP contribution < -0.4 is 0 Å². The Morgan fingerprint density at radius 1 is 0.826 bits per heavy atom. The summed E-state index contributed by atoms with van der Waals surface area (Å²) in [6.45, 7) is -2.16. The molecule has 0 aromatic rings. The third kappa shape index (κ3) is 5.01. The normalized spacial score (nSPS) is 37.2. The molecule has 1 rings (SSSR count). The summed E-state index contributed by atoms with van der Waals surface area (Å²) in [7, 11) is 0. The molecule has 0 amide bonds. The van der Waals surface area contributed by atoms with Gasteiger partial charge in [0.25, 0.3) is 0 Å². The fourth-order valence-electron chi connectivity index (χ4n) is 2.06. The number of rotatable bonds is 8. The summed E-state index contributed by atoms with van der Waals surface area (Å²) >= 11 is 0. The van der Waals surface area contributed by atoms with Crippen LogP contribution in [0.25, 0.3) is 0 Å². The molecule has 1 aliphatic rings. The summed E-state index contributed by atoms with van der Waals surface area (Å²) in [6.07, 6.45) is -14.7. The highest BCUT2D eigenvalue weighted by Gasteiger charge is 2.44. The van der Waals surface area contributed by atoms with Crippen LogP contribution in [-0.2, 0) is 9.47 Å². The number of hydrogen-bond acceptors (Lipinski definition) is 11. The molecule has 138 valence electrons. The summed E-state index contributed by atoms with van der Waals surface area (Å²) in [5.74, 6) is 0. The first kappa shape index (κ1) is 20.6. The molecule has 9 N–H and O–H groups in total. The first-order chi connectivity index (χ1) is 10.7. The summed E-state index contributed by atoms with van der Waals surface area (Å²) in [5.41, 5.74) is 0. The highest BCUT2D eigenvalue weighted by Crippen LogP contribution is 2.22. The van der Waals surface area contributed by atoms with Crippen LogP contribution in [0.5, 0.6) is 0 Å². The van der Waals surface area contributed by atoms with E-state index in [-0.39, 0.29) is 0 Å². The van der Waals surface area contributed by atoms with Crippen LogP contribution in [-0.4, -0.2) is 121 Å². The van der Waals surface area contributed by atoms with Crippen molar-refractivity contribution in [1.29, 1.82) is 0 Å². The molecule has 1 saturated heterocycles. The van der Waals surface area contributed by atoms with E-state index in [4.69, 9.17) is 19.7 Å². The Morgan fingerprint density at radius 2 is 1.39 bits per heavy atom. The summed E-state index contributed by atoms with van der Waals surface area (Å²) in [5, 5.41) is 84.4. The predicted octanol–water partition coefficient (Wildman–Crippen LogP) is -5.76. The van der Waals surface area contributed by atoms with E-state index >= 15 is 0 Å². The van der Waals surface area contributed by atoms with Gasteiger partial charge in [-0.15, -0.1) is 0 Å². The molecule has 11 nitrogen and oxygen atoms in total. The van der Waals surface area contributed by atoms with Gasteiger partial charge in [-0.1, -0.05) is 0 Å². The quantitative estimate of drug-likeness (QED) is 0.203. The number of hydrogen-bond donors (Lipinski definition) is 9. The summed E-state index contributed by atoms with van der Waals surface area (Å²) in [4.78, 5) is 0. The second kappa shape index (κ2) is 9.15. The lowest BCUT2D eigenvalue weighted by Crippen LogP contribution is -2.59. The van der Waals surface area contributed by atoms with Gasteiger partial charge in [0, 0.05) is 0 Å². The van der Waals surface area contributed by atoms with E-state index in [1.807, 2.05) is 0 Å². The van der Waals surface area contributed by atoms with E-state index in [2.05, 4.69) is 0 Å². The Bertz CT molecular complexity index is 341. The van der Waals surface area contributed by atoms with E-state index in [1.165, 1.54) is 0 Å². The third-order valence-electron chi connectivity index (χ3n) is 3.61. The van der Waals surface area contributed by atoms with E-state index in [9.17, 15) is 35.7 Å². The highest BCUT2D eigenvalue weighted by atomic mass is 16.7. The van der Waals surface area contributed by atoms with Crippen LogP contribution in [0.3, 0.4) is 0 Å². The zero-order valence-corrected chi connectivity index (χ0v) is 12.2. The van der Waals surface area contributed by atoms with Gasteiger partial charge in [0.15, 0.2) is 6.29 Å². The van der Waals surface area contributed by atoms with Gasteiger partial charge in [-0.05, 0) is 0 Å². The third-order valence-corrected chi connectivity index (χ3v) is 3.61. The maximum atomic E-state index is 9.70. The van der Waals surface area contributed by atoms with Crippen molar-refractivity contribution in [1.82, 2.24) is 0 Å². The zero-order valence-electron chi connectivity index (χ0n) is 12.2. The van der Waals surface area contributed by atoms with Crippen molar-refractivity contribution < 1.29 is 55.4 Å². The van der Waals surface area contributed by atoms with Crippen molar-refractivity contribution in [2.24, 2.45) is 0 Å². The van der Waals surface area contributed by atoms with Crippen LogP contribution in [0.15, 0.2) is 0 Å². The van der Waals surface area contributed by atoms with Crippen molar-refractivity contribution in [3.8, 4) is 0 Å². The molecule has 1 aliphatic heterocycles. The molecule has 1 fully saturated rings. The molecule has 0 aromatic heterocycles. The molecule has 11 heteroatoms. The molecule has 0 spiro atoms. The van der Waals surface area contributed by atoms with Gasteiger partial charge in [0.2, 0.25) is 0 Å². The largest absolute Gasteiger partial charge is 0.394 e. The van der Waals surface area contributed by atoms with Crippen LogP contribution in [0, 0.1) is 0 Å². The lowest BCUT2D eigenvalue weighted by molar-refractivity contribution is -0.306. The van der Waals surface area contributed by atoms with Gasteiger partial charge < -0.3 is 55.4 Å². The second-order valence-corrected chi connectivity index (χ2v) is 5.33. The lowest BCUT2D eigenvalue weighted by atomic mass is 9.99. The smallest absolute Gasteiger partial charge is 0.186 e. The van der Waals surface area contributed by atoms with Gasteiger partial charge in [-0.2, -0.15) is 0 Å². The Hall–Kier alpha value is -0.440. The average Bonchev–Trinajstić information content (AvgIpc) is 2.56. The fraction of sp³-hybridized carbons (Fsp3) is 1.00. The lowest BCUT2D eigenvalue weighted by Gasteiger charge is -2.40. The van der Waals surface area contributed by atoms with Crippen LogP contribution in [0.2, 0.25) is 0 Å². The monoisotopic (exact) mass is 344 g/mol. The van der Waals surface area contributed by atoms with E-state index in [0.717, 1.165) is 0 Å². The van der Waals surface area contributed by atoms with Crippen LogP contribution in [0.4, 0.5) is 0 Å².